The Morgan fingerprint density at radius 3 is 2.47 bits per heavy atom. The van der Waals surface area contributed by atoms with Crippen LogP contribution in [0, 0.1) is 0 Å². The van der Waals surface area contributed by atoms with E-state index in [1.165, 1.54) is 25.7 Å². The average Bonchev–Trinajstić information content (AvgIpc) is 2.42. The van der Waals surface area contributed by atoms with Crippen LogP contribution in [0.15, 0.2) is 18.2 Å². The normalized spacial score (nSPS) is 10.4. The number of rotatable bonds is 9. The Morgan fingerprint density at radius 1 is 1.16 bits per heavy atom. The minimum absolute atomic E-state index is 0.398. The second-order valence-corrected chi connectivity index (χ2v) is 4.85. The number of carbonyl (C=O) groups is 1. The van der Waals surface area contributed by atoms with Crippen LogP contribution in [0.4, 0.5) is 0 Å². The van der Waals surface area contributed by atoms with Crippen LogP contribution in [0.5, 0.6) is 5.75 Å². The molecule has 0 aliphatic carbocycles. The summed E-state index contributed by atoms with van der Waals surface area (Å²) >= 11 is 0. The largest absolute Gasteiger partial charge is 0.497 e. The van der Waals surface area contributed by atoms with Crippen molar-refractivity contribution in [3.8, 4) is 5.75 Å². The van der Waals surface area contributed by atoms with E-state index in [9.17, 15) is 4.79 Å². The summed E-state index contributed by atoms with van der Waals surface area (Å²) in [6, 6.07) is 5.18. The molecule has 0 fully saturated rings. The Kier molecular flexibility index (Phi) is 7.01. The second-order valence-electron chi connectivity index (χ2n) is 4.85. The summed E-state index contributed by atoms with van der Waals surface area (Å²) in [5.74, 6) is -0.130. The zero-order valence-electron chi connectivity index (χ0n) is 11.9. The van der Waals surface area contributed by atoms with E-state index < -0.39 is 5.97 Å². The number of carboxylic acids is 1. The van der Waals surface area contributed by atoms with Gasteiger partial charge in [0, 0.05) is 0 Å². The highest BCUT2D eigenvalue weighted by Crippen LogP contribution is 2.20. The first-order valence-corrected chi connectivity index (χ1v) is 7.09. The van der Waals surface area contributed by atoms with Crippen LogP contribution in [0.1, 0.15) is 61.4 Å². The minimum atomic E-state index is -0.858. The molecule has 1 N–H and O–H groups in total. The van der Waals surface area contributed by atoms with Gasteiger partial charge in [0.15, 0.2) is 0 Å². The molecule has 19 heavy (non-hydrogen) atoms. The third kappa shape index (κ3) is 5.33. The van der Waals surface area contributed by atoms with Gasteiger partial charge in [-0.1, -0.05) is 39.0 Å². The molecule has 0 aliphatic heterocycles. The number of benzene rings is 1. The van der Waals surface area contributed by atoms with Gasteiger partial charge in [-0.3, -0.25) is 0 Å². The first-order valence-electron chi connectivity index (χ1n) is 7.09. The SMILES string of the molecule is CCCCCCCCc1cc(OC)ccc1C(=O)O. The summed E-state index contributed by atoms with van der Waals surface area (Å²) in [5.41, 5.74) is 1.27. The van der Waals surface area contributed by atoms with Gasteiger partial charge >= 0.3 is 5.97 Å². The molecule has 0 aliphatic rings. The van der Waals surface area contributed by atoms with Crippen LogP contribution in [0.2, 0.25) is 0 Å². The Morgan fingerprint density at radius 2 is 1.84 bits per heavy atom. The summed E-state index contributed by atoms with van der Waals surface area (Å²) in [7, 11) is 1.60. The van der Waals surface area contributed by atoms with E-state index in [2.05, 4.69) is 6.92 Å². The molecule has 3 nitrogen and oxygen atoms in total. The fraction of sp³-hybridized carbons (Fsp3) is 0.562. The van der Waals surface area contributed by atoms with Crippen LogP contribution in [0.3, 0.4) is 0 Å². The highest BCUT2D eigenvalue weighted by atomic mass is 16.5. The van der Waals surface area contributed by atoms with Gasteiger partial charge in [0.2, 0.25) is 0 Å². The van der Waals surface area contributed by atoms with Gasteiger partial charge in [-0.05, 0) is 36.6 Å². The first kappa shape index (κ1) is 15.5. The molecule has 0 heterocycles. The number of unbranched alkanes of at least 4 members (excludes halogenated alkanes) is 5. The maximum Gasteiger partial charge on any atom is 0.335 e. The van der Waals surface area contributed by atoms with E-state index in [0.29, 0.717) is 5.56 Å². The van der Waals surface area contributed by atoms with Gasteiger partial charge in [0.25, 0.3) is 0 Å². The van der Waals surface area contributed by atoms with E-state index in [0.717, 1.165) is 30.6 Å². The van der Waals surface area contributed by atoms with Crippen molar-refractivity contribution in [3.63, 3.8) is 0 Å². The third-order valence-electron chi connectivity index (χ3n) is 3.34. The van der Waals surface area contributed by atoms with Crippen LogP contribution in [0.25, 0.3) is 0 Å². The lowest BCUT2D eigenvalue weighted by Gasteiger charge is -2.08. The molecule has 0 saturated heterocycles. The number of hydrogen-bond acceptors (Lipinski definition) is 2. The van der Waals surface area contributed by atoms with Crippen molar-refractivity contribution in [1.82, 2.24) is 0 Å². The Hall–Kier alpha value is -1.51. The highest BCUT2D eigenvalue weighted by molar-refractivity contribution is 5.89. The van der Waals surface area contributed by atoms with E-state index in [1.807, 2.05) is 6.07 Å². The quantitative estimate of drug-likeness (QED) is 0.676. The summed E-state index contributed by atoms with van der Waals surface area (Å²) in [4.78, 5) is 11.2. The lowest BCUT2D eigenvalue weighted by atomic mass is 10.00. The molecule has 0 atom stereocenters. The van der Waals surface area contributed by atoms with Crippen molar-refractivity contribution in [1.29, 1.82) is 0 Å². The lowest BCUT2D eigenvalue weighted by Crippen LogP contribution is -2.03. The van der Waals surface area contributed by atoms with Crippen molar-refractivity contribution in [2.75, 3.05) is 7.11 Å². The fourth-order valence-electron chi connectivity index (χ4n) is 2.21. The second kappa shape index (κ2) is 8.57. The van der Waals surface area contributed by atoms with Crippen LogP contribution in [-0.2, 0) is 6.42 Å². The predicted molar refractivity (Wildman–Crippen MR) is 77.0 cm³/mol. The number of methoxy groups -OCH3 is 1. The Bertz CT molecular complexity index is 399. The van der Waals surface area contributed by atoms with Crippen molar-refractivity contribution in [2.24, 2.45) is 0 Å². The molecule has 0 spiro atoms. The Labute approximate surface area is 115 Å². The number of aromatic carboxylic acids is 1. The molecular formula is C16H24O3. The molecule has 0 radical (unpaired) electrons. The topological polar surface area (TPSA) is 46.5 Å². The third-order valence-corrected chi connectivity index (χ3v) is 3.34. The molecule has 1 rings (SSSR count). The molecule has 0 bridgehead atoms. The van der Waals surface area contributed by atoms with Crippen LogP contribution >= 0.6 is 0 Å². The van der Waals surface area contributed by atoms with Crippen molar-refractivity contribution in [2.45, 2.75) is 51.9 Å². The molecule has 3 heteroatoms. The zero-order chi connectivity index (χ0) is 14.1. The molecule has 0 saturated carbocycles. The molecular weight excluding hydrogens is 240 g/mol. The van der Waals surface area contributed by atoms with Gasteiger partial charge in [0.05, 0.1) is 12.7 Å². The molecule has 106 valence electrons. The standard InChI is InChI=1S/C16H24O3/c1-3-4-5-6-7-8-9-13-12-14(19-2)10-11-15(13)16(17)18/h10-12H,3-9H2,1-2H3,(H,17,18). The average molecular weight is 264 g/mol. The molecule has 1 aromatic carbocycles. The smallest absolute Gasteiger partial charge is 0.335 e. The van der Waals surface area contributed by atoms with Gasteiger partial charge < -0.3 is 9.84 Å². The summed E-state index contributed by atoms with van der Waals surface area (Å²) in [5, 5.41) is 9.16. The van der Waals surface area contributed by atoms with E-state index in [-0.39, 0.29) is 0 Å². The monoisotopic (exact) mass is 264 g/mol. The van der Waals surface area contributed by atoms with E-state index >= 15 is 0 Å². The number of carboxylic acid groups (broad SMARTS) is 1. The summed E-state index contributed by atoms with van der Waals surface area (Å²) in [6.07, 6.45) is 8.07. The maximum atomic E-state index is 11.2. The van der Waals surface area contributed by atoms with Gasteiger partial charge in [0.1, 0.15) is 5.75 Å². The summed E-state index contributed by atoms with van der Waals surface area (Å²) in [6.45, 7) is 2.20. The van der Waals surface area contributed by atoms with Gasteiger partial charge in [-0.2, -0.15) is 0 Å². The van der Waals surface area contributed by atoms with E-state index in [4.69, 9.17) is 9.84 Å². The highest BCUT2D eigenvalue weighted by Gasteiger charge is 2.10. The minimum Gasteiger partial charge on any atom is -0.497 e. The molecule has 0 aromatic heterocycles. The number of aryl methyl sites for hydroxylation is 1. The molecule has 0 amide bonds. The summed E-state index contributed by atoms with van der Waals surface area (Å²) < 4.78 is 5.16. The van der Waals surface area contributed by atoms with Crippen molar-refractivity contribution in [3.05, 3.63) is 29.3 Å². The van der Waals surface area contributed by atoms with Crippen molar-refractivity contribution < 1.29 is 14.6 Å². The molecule has 1 aromatic rings. The number of hydrogen-bond donors (Lipinski definition) is 1. The van der Waals surface area contributed by atoms with Crippen LogP contribution < -0.4 is 4.74 Å². The van der Waals surface area contributed by atoms with Crippen molar-refractivity contribution >= 4 is 5.97 Å². The van der Waals surface area contributed by atoms with Gasteiger partial charge in [-0.25, -0.2) is 4.79 Å². The first-order chi connectivity index (χ1) is 9.19. The molecule has 0 unspecified atom stereocenters. The maximum absolute atomic E-state index is 11.2. The Balaban J connectivity index is 2.52. The number of ether oxygens (including phenoxy) is 1. The lowest BCUT2D eigenvalue weighted by molar-refractivity contribution is 0.0695. The zero-order valence-corrected chi connectivity index (χ0v) is 11.9. The van der Waals surface area contributed by atoms with Crippen LogP contribution in [-0.4, -0.2) is 18.2 Å². The predicted octanol–water partition coefficient (Wildman–Crippen LogP) is 4.30. The van der Waals surface area contributed by atoms with E-state index in [1.54, 1.807) is 19.2 Å². The van der Waals surface area contributed by atoms with Gasteiger partial charge in [-0.15, -0.1) is 0 Å². The fourth-order valence-corrected chi connectivity index (χ4v) is 2.21.